The van der Waals surface area contributed by atoms with E-state index in [1.807, 2.05) is 37.4 Å². The van der Waals surface area contributed by atoms with Crippen LogP contribution in [0, 0.1) is 13.8 Å². The van der Waals surface area contributed by atoms with Crippen LogP contribution in [-0.2, 0) is 0 Å². The fraction of sp³-hybridized carbons (Fsp3) is 0.182. The quantitative estimate of drug-likeness (QED) is 0.819. The van der Waals surface area contributed by atoms with Crippen molar-refractivity contribution in [3.8, 4) is 10.9 Å². The molecule has 0 fully saturated rings. The van der Waals surface area contributed by atoms with Gasteiger partial charge in [0.15, 0.2) is 0 Å². The lowest BCUT2D eigenvalue weighted by Gasteiger charge is -2.03. The largest absolute Gasteiger partial charge is 0.431 e. The van der Waals surface area contributed by atoms with Gasteiger partial charge < -0.3 is 4.74 Å². The molecule has 0 saturated heterocycles. The summed E-state index contributed by atoms with van der Waals surface area (Å²) in [7, 11) is 0. The van der Waals surface area contributed by atoms with Gasteiger partial charge in [0.25, 0.3) is 5.19 Å². The first kappa shape index (κ1) is 10.6. The van der Waals surface area contributed by atoms with Crippen molar-refractivity contribution in [1.82, 2.24) is 4.98 Å². The molecule has 2 rings (SSSR count). The van der Waals surface area contributed by atoms with Gasteiger partial charge in [0.05, 0.1) is 5.69 Å². The second-order valence-electron chi connectivity index (χ2n) is 3.27. The number of ether oxygens (including phenoxy) is 1. The summed E-state index contributed by atoms with van der Waals surface area (Å²) in [5, 5.41) is 2.66. The molecule has 15 heavy (non-hydrogen) atoms. The highest BCUT2D eigenvalue weighted by atomic mass is 79.9. The molecule has 0 saturated carbocycles. The number of halogens is 1. The predicted octanol–water partition coefficient (Wildman–Crippen LogP) is 4.31. The predicted molar refractivity (Wildman–Crippen MR) is 65.8 cm³/mol. The second-order valence-corrected chi connectivity index (χ2v) is 4.94. The third-order valence-corrected chi connectivity index (χ3v) is 3.66. The van der Waals surface area contributed by atoms with Crippen molar-refractivity contribution >= 4 is 27.3 Å². The highest BCUT2D eigenvalue weighted by Crippen LogP contribution is 2.27. The maximum atomic E-state index is 5.62. The van der Waals surface area contributed by atoms with Gasteiger partial charge in [-0.1, -0.05) is 27.3 Å². The zero-order chi connectivity index (χ0) is 10.8. The minimum atomic E-state index is 0.689. The van der Waals surface area contributed by atoms with Gasteiger partial charge in [-0.3, -0.25) is 0 Å². The van der Waals surface area contributed by atoms with Crippen LogP contribution in [0.1, 0.15) is 11.3 Å². The summed E-state index contributed by atoms with van der Waals surface area (Å²) < 4.78 is 6.71. The molecule has 0 bridgehead atoms. The number of benzene rings is 1. The number of hydrogen-bond donors (Lipinski definition) is 0. The lowest BCUT2D eigenvalue weighted by molar-refractivity contribution is 0.477. The Labute approximate surface area is 101 Å². The molecule has 0 unspecified atom stereocenters. The minimum absolute atomic E-state index is 0.689. The Morgan fingerprint density at radius 2 is 2.13 bits per heavy atom. The Hall–Kier alpha value is -0.870. The highest BCUT2D eigenvalue weighted by molar-refractivity contribution is 9.10. The van der Waals surface area contributed by atoms with E-state index in [4.69, 9.17) is 4.74 Å². The Balaban J connectivity index is 2.21. The molecule has 1 aromatic carbocycles. The zero-order valence-corrected chi connectivity index (χ0v) is 10.9. The smallest absolute Gasteiger partial charge is 0.278 e. The molecule has 1 heterocycles. The van der Waals surface area contributed by atoms with Crippen LogP contribution in [0.2, 0.25) is 0 Å². The minimum Gasteiger partial charge on any atom is -0.431 e. The summed E-state index contributed by atoms with van der Waals surface area (Å²) in [5.74, 6) is 0.824. The van der Waals surface area contributed by atoms with Crippen LogP contribution < -0.4 is 4.74 Å². The van der Waals surface area contributed by atoms with E-state index < -0.39 is 0 Å². The van der Waals surface area contributed by atoms with Crippen molar-refractivity contribution in [3.05, 3.63) is 39.3 Å². The van der Waals surface area contributed by atoms with E-state index in [0.29, 0.717) is 5.19 Å². The Kier molecular flexibility index (Phi) is 3.07. The molecule has 4 heteroatoms. The van der Waals surface area contributed by atoms with E-state index in [1.54, 1.807) is 0 Å². The van der Waals surface area contributed by atoms with Gasteiger partial charge in [0.2, 0.25) is 0 Å². The highest BCUT2D eigenvalue weighted by Gasteiger charge is 2.03. The van der Waals surface area contributed by atoms with Gasteiger partial charge in [0.1, 0.15) is 5.75 Å². The maximum absolute atomic E-state index is 5.62. The standard InChI is InChI=1S/C11H10BrNOS/c1-7-5-9(3-4-10(7)12)14-11-13-8(2)6-15-11/h3-6H,1-2H3. The summed E-state index contributed by atoms with van der Waals surface area (Å²) in [6.45, 7) is 3.99. The molecule has 0 radical (unpaired) electrons. The molecule has 2 nitrogen and oxygen atoms in total. The van der Waals surface area contributed by atoms with Crippen molar-refractivity contribution in [2.75, 3.05) is 0 Å². The Bertz CT molecular complexity index is 481. The lowest BCUT2D eigenvalue weighted by Crippen LogP contribution is -1.84. The summed E-state index contributed by atoms with van der Waals surface area (Å²) in [6.07, 6.45) is 0. The average Bonchev–Trinajstić information content (AvgIpc) is 2.58. The molecule has 2 aromatic rings. The third kappa shape index (κ3) is 2.58. The zero-order valence-electron chi connectivity index (χ0n) is 8.45. The van der Waals surface area contributed by atoms with Gasteiger partial charge in [-0.2, -0.15) is 0 Å². The number of thiazole rings is 1. The molecule has 0 spiro atoms. The molecule has 1 aromatic heterocycles. The van der Waals surface area contributed by atoms with Crippen LogP contribution in [0.25, 0.3) is 0 Å². The van der Waals surface area contributed by atoms with Crippen molar-refractivity contribution in [2.24, 2.45) is 0 Å². The average molecular weight is 284 g/mol. The Morgan fingerprint density at radius 1 is 1.33 bits per heavy atom. The Morgan fingerprint density at radius 3 is 2.73 bits per heavy atom. The van der Waals surface area contributed by atoms with Crippen molar-refractivity contribution in [2.45, 2.75) is 13.8 Å². The number of rotatable bonds is 2. The van der Waals surface area contributed by atoms with Gasteiger partial charge >= 0.3 is 0 Å². The number of hydrogen-bond acceptors (Lipinski definition) is 3. The first-order chi connectivity index (χ1) is 7.15. The van der Waals surface area contributed by atoms with E-state index in [9.17, 15) is 0 Å². The summed E-state index contributed by atoms with van der Waals surface area (Å²) in [4.78, 5) is 4.24. The molecule has 0 N–H and O–H groups in total. The van der Waals surface area contributed by atoms with E-state index in [2.05, 4.69) is 20.9 Å². The number of aryl methyl sites for hydroxylation is 2. The second kappa shape index (κ2) is 4.33. The van der Waals surface area contributed by atoms with Crippen LogP contribution in [0.4, 0.5) is 0 Å². The lowest BCUT2D eigenvalue weighted by atomic mass is 10.2. The molecule has 0 atom stereocenters. The molecule has 0 aliphatic rings. The third-order valence-electron chi connectivity index (χ3n) is 1.93. The number of nitrogens with zero attached hydrogens (tertiary/aromatic N) is 1. The molecule has 0 aliphatic carbocycles. The van der Waals surface area contributed by atoms with Crippen molar-refractivity contribution in [1.29, 1.82) is 0 Å². The molecule has 0 amide bonds. The van der Waals surface area contributed by atoms with Gasteiger partial charge in [0, 0.05) is 9.85 Å². The summed E-state index contributed by atoms with van der Waals surface area (Å²) in [5.41, 5.74) is 2.14. The monoisotopic (exact) mass is 283 g/mol. The first-order valence-corrected chi connectivity index (χ1v) is 6.18. The molecule has 78 valence electrons. The van der Waals surface area contributed by atoms with E-state index in [-0.39, 0.29) is 0 Å². The van der Waals surface area contributed by atoms with Crippen LogP contribution in [0.5, 0.6) is 10.9 Å². The van der Waals surface area contributed by atoms with E-state index in [1.165, 1.54) is 11.3 Å². The molecular formula is C11H10BrNOS. The van der Waals surface area contributed by atoms with Crippen LogP contribution in [0.15, 0.2) is 28.1 Å². The van der Waals surface area contributed by atoms with Crippen molar-refractivity contribution < 1.29 is 4.74 Å². The maximum Gasteiger partial charge on any atom is 0.278 e. The fourth-order valence-corrected chi connectivity index (χ4v) is 2.07. The normalized spacial score (nSPS) is 10.3. The SMILES string of the molecule is Cc1csc(Oc2ccc(Br)c(C)c2)n1. The fourth-order valence-electron chi connectivity index (χ4n) is 1.16. The van der Waals surface area contributed by atoms with Crippen LogP contribution in [-0.4, -0.2) is 4.98 Å². The van der Waals surface area contributed by atoms with E-state index >= 15 is 0 Å². The first-order valence-electron chi connectivity index (χ1n) is 4.51. The summed E-state index contributed by atoms with van der Waals surface area (Å²) >= 11 is 4.96. The molecular weight excluding hydrogens is 274 g/mol. The van der Waals surface area contributed by atoms with Crippen LogP contribution >= 0.6 is 27.3 Å². The van der Waals surface area contributed by atoms with Gasteiger partial charge in [-0.05, 0) is 37.6 Å². The summed E-state index contributed by atoms with van der Waals surface area (Å²) in [6, 6.07) is 5.89. The molecule has 0 aliphatic heterocycles. The van der Waals surface area contributed by atoms with Gasteiger partial charge in [-0.25, -0.2) is 4.98 Å². The van der Waals surface area contributed by atoms with E-state index in [0.717, 1.165) is 21.5 Å². The van der Waals surface area contributed by atoms with Crippen LogP contribution in [0.3, 0.4) is 0 Å². The topological polar surface area (TPSA) is 22.1 Å². The van der Waals surface area contributed by atoms with Crippen molar-refractivity contribution in [3.63, 3.8) is 0 Å². The number of aromatic nitrogens is 1. The van der Waals surface area contributed by atoms with Gasteiger partial charge in [-0.15, -0.1) is 0 Å².